The van der Waals surface area contributed by atoms with Crippen molar-refractivity contribution >= 4 is 23.2 Å². The molecule has 3 aliphatic rings. The first-order valence-corrected chi connectivity index (χ1v) is 12.6. The number of rotatable bonds is 5. The number of phenolic OH excluding ortho intramolecular Hbond substituents is 1. The van der Waals surface area contributed by atoms with Gasteiger partial charge in [0.1, 0.15) is 22.8 Å². The van der Waals surface area contributed by atoms with Crippen molar-refractivity contribution in [3.8, 4) is 16.9 Å². The van der Waals surface area contributed by atoms with Gasteiger partial charge in [0, 0.05) is 30.5 Å². The number of Topliss-reactive ketones (excluding diaryl/α,β-unsaturated/α-hetero) is 2. The van der Waals surface area contributed by atoms with Gasteiger partial charge in [0.2, 0.25) is 5.78 Å². The van der Waals surface area contributed by atoms with Crippen LogP contribution in [0.25, 0.3) is 16.9 Å². The number of amides is 1. The number of benzene rings is 2. The topological polar surface area (TPSA) is 170 Å². The molecule has 7 N–H and O–H groups in total. The number of aliphatic hydroxyl groups excluding tert-OH is 2. The average molecular weight is 519 g/mol. The van der Waals surface area contributed by atoms with Crippen LogP contribution in [0, 0.1) is 11.8 Å². The second-order valence-electron chi connectivity index (χ2n) is 10.6. The molecule has 0 radical (unpaired) electrons. The highest BCUT2D eigenvalue weighted by atomic mass is 16.3. The number of carbonyl (C=O) groups excluding carboxylic acids is 3. The van der Waals surface area contributed by atoms with Crippen LogP contribution in [0.2, 0.25) is 0 Å². The maximum atomic E-state index is 13.6. The molecule has 9 nitrogen and oxygen atoms in total. The van der Waals surface area contributed by atoms with Crippen LogP contribution in [-0.2, 0) is 27.3 Å². The second kappa shape index (κ2) is 9.11. The van der Waals surface area contributed by atoms with E-state index in [1.54, 1.807) is 6.07 Å². The van der Waals surface area contributed by atoms with E-state index < -0.39 is 52.0 Å². The molecule has 9 heteroatoms. The number of fused-ring (bicyclic) bond motifs is 3. The zero-order valence-electron chi connectivity index (χ0n) is 21.1. The molecule has 198 valence electrons. The Kier molecular flexibility index (Phi) is 6.16. The predicted octanol–water partition coefficient (Wildman–Crippen LogP) is 2.59. The van der Waals surface area contributed by atoms with Crippen LogP contribution < -0.4 is 11.1 Å². The van der Waals surface area contributed by atoms with Crippen LogP contribution in [0.15, 0.2) is 53.3 Å². The van der Waals surface area contributed by atoms with Crippen molar-refractivity contribution in [2.45, 2.75) is 51.3 Å². The van der Waals surface area contributed by atoms with Crippen LogP contribution in [0.1, 0.15) is 43.4 Å². The minimum absolute atomic E-state index is 0.0835. The molecule has 0 spiro atoms. The molecule has 3 atom stereocenters. The maximum absolute atomic E-state index is 13.6. The third-order valence-corrected chi connectivity index (χ3v) is 7.93. The van der Waals surface area contributed by atoms with Gasteiger partial charge in [-0.05, 0) is 47.1 Å². The first kappa shape index (κ1) is 25.7. The summed E-state index contributed by atoms with van der Waals surface area (Å²) in [5.74, 6) is -6.36. The fourth-order valence-corrected chi connectivity index (χ4v) is 6.02. The molecule has 2 aromatic rings. The molecule has 0 unspecified atom stereocenters. The Balaban J connectivity index is 1.60. The van der Waals surface area contributed by atoms with Crippen LogP contribution in [-0.4, -0.2) is 49.5 Å². The fraction of sp³-hybridized carbons (Fsp3) is 0.345. The first-order chi connectivity index (χ1) is 17.9. The number of carbonyl (C=O) groups is 3. The second-order valence-corrected chi connectivity index (χ2v) is 10.6. The van der Waals surface area contributed by atoms with E-state index in [0.29, 0.717) is 18.2 Å². The summed E-state index contributed by atoms with van der Waals surface area (Å²) in [7, 11) is 0. The van der Waals surface area contributed by atoms with Gasteiger partial charge in [-0.2, -0.15) is 0 Å². The summed E-state index contributed by atoms with van der Waals surface area (Å²) in [6.45, 7) is 4.85. The van der Waals surface area contributed by atoms with Gasteiger partial charge in [-0.15, -0.1) is 0 Å². The monoisotopic (exact) mass is 518 g/mol. The van der Waals surface area contributed by atoms with E-state index in [1.807, 2.05) is 24.3 Å². The van der Waals surface area contributed by atoms with E-state index in [2.05, 4.69) is 19.2 Å². The molecule has 1 amide bonds. The van der Waals surface area contributed by atoms with Crippen LogP contribution in [0.4, 0.5) is 0 Å². The fourth-order valence-electron chi connectivity index (χ4n) is 6.02. The molecule has 3 aliphatic carbocycles. The standard InChI is InChI=1S/C29H30N2O7/c1-13(2)31-12-14-3-5-15(6-4-14)18-7-8-20(32)23-19(18)10-16-9-17-11-21(33)24(28(30)37)27(36)29(17,38)26(35)22(16)25(23)34/h3-8,13,16-17,31-32,34,36,38H,9-12H2,1-2H3,(H2,30,37)/t16-,17+,29+/m1/s1. The van der Waals surface area contributed by atoms with Gasteiger partial charge in [0.05, 0.1) is 5.56 Å². The Bertz CT molecular complexity index is 1440. The predicted molar refractivity (Wildman–Crippen MR) is 139 cm³/mol. The highest BCUT2D eigenvalue weighted by Gasteiger charge is 2.60. The molecular formula is C29H30N2O7. The van der Waals surface area contributed by atoms with Crippen molar-refractivity contribution in [1.82, 2.24) is 5.32 Å². The summed E-state index contributed by atoms with van der Waals surface area (Å²) in [6.07, 6.45) is 0.00729. The average Bonchev–Trinajstić information content (AvgIpc) is 2.85. The summed E-state index contributed by atoms with van der Waals surface area (Å²) in [4.78, 5) is 37.9. The highest BCUT2D eigenvalue weighted by molar-refractivity contribution is 6.22. The Morgan fingerprint density at radius 1 is 1.08 bits per heavy atom. The third-order valence-electron chi connectivity index (χ3n) is 7.93. The van der Waals surface area contributed by atoms with Gasteiger partial charge in [0.15, 0.2) is 11.4 Å². The van der Waals surface area contributed by atoms with Crippen molar-refractivity contribution in [2.24, 2.45) is 17.6 Å². The quantitative estimate of drug-likeness (QED) is 0.328. The van der Waals surface area contributed by atoms with Gasteiger partial charge < -0.3 is 31.5 Å². The van der Waals surface area contributed by atoms with Crippen molar-refractivity contribution in [1.29, 1.82) is 0 Å². The zero-order chi connectivity index (χ0) is 27.5. The zero-order valence-corrected chi connectivity index (χ0v) is 21.1. The number of primary amides is 1. The highest BCUT2D eigenvalue weighted by Crippen LogP contribution is 2.53. The number of hydrogen-bond donors (Lipinski definition) is 6. The number of phenols is 1. The Hall–Kier alpha value is -3.95. The molecule has 0 heterocycles. The largest absolute Gasteiger partial charge is 0.508 e. The minimum Gasteiger partial charge on any atom is -0.508 e. The van der Waals surface area contributed by atoms with E-state index in [-0.39, 0.29) is 36.1 Å². The summed E-state index contributed by atoms with van der Waals surface area (Å²) >= 11 is 0. The molecule has 2 aromatic carbocycles. The lowest BCUT2D eigenvalue weighted by atomic mass is 9.59. The van der Waals surface area contributed by atoms with Crippen molar-refractivity contribution in [2.75, 3.05) is 0 Å². The van der Waals surface area contributed by atoms with Crippen molar-refractivity contribution in [3.63, 3.8) is 0 Å². The van der Waals surface area contributed by atoms with Gasteiger partial charge >= 0.3 is 0 Å². The van der Waals surface area contributed by atoms with E-state index >= 15 is 0 Å². The number of nitrogens with one attached hydrogen (secondary N) is 1. The van der Waals surface area contributed by atoms with E-state index in [0.717, 1.165) is 16.7 Å². The molecule has 1 saturated carbocycles. The molecule has 0 aliphatic heterocycles. The van der Waals surface area contributed by atoms with Crippen LogP contribution in [0.3, 0.4) is 0 Å². The first-order valence-electron chi connectivity index (χ1n) is 12.6. The molecule has 0 bridgehead atoms. The van der Waals surface area contributed by atoms with Gasteiger partial charge in [-0.1, -0.05) is 44.2 Å². The summed E-state index contributed by atoms with van der Waals surface area (Å²) in [5, 5.41) is 47.4. The normalized spacial score (nSPS) is 24.8. The van der Waals surface area contributed by atoms with E-state index in [4.69, 9.17) is 5.73 Å². The lowest BCUT2D eigenvalue weighted by Crippen LogP contribution is -2.58. The van der Waals surface area contributed by atoms with E-state index in [9.17, 15) is 34.8 Å². The number of nitrogens with two attached hydrogens (primary N) is 1. The van der Waals surface area contributed by atoms with E-state index in [1.165, 1.54) is 6.07 Å². The van der Waals surface area contributed by atoms with Gasteiger partial charge in [-0.3, -0.25) is 14.4 Å². The number of aromatic hydroxyl groups is 1. The lowest BCUT2D eigenvalue weighted by molar-refractivity contribution is -0.147. The molecule has 0 aromatic heterocycles. The Labute approximate surface area is 219 Å². The molecule has 0 saturated heterocycles. The smallest absolute Gasteiger partial charge is 0.255 e. The summed E-state index contributed by atoms with van der Waals surface area (Å²) < 4.78 is 0. The lowest BCUT2D eigenvalue weighted by Gasteiger charge is -2.46. The van der Waals surface area contributed by atoms with Gasteiger partial charge in [-0.25, -0.2) is 0 Å². The third kappa shape index (κ3) is 3.81. The Morgan fingerprint density at radius 3 is 2.39 bits per heavy atom. The molecule has 1 fully saturated rings. The van der Waals surface area contributed by atoms with Crippen molar-refractivity contribution < 1.29 is 34.8 Å². The van der Waals surface area contributed by atoms with Crippen LogP contribution >= 0.6 is 0 Å². The molecule has 5 rings (SSSR count). The minimum atomic E-state index is -2.57. The summed E-state index contributed by atoms with van der Waals surface area (Å²) in [6, 6.07) is 11.4. The number of aliphatic hydroxyl groups is 3. The Morgan fingerprint density at radius 2 is 1.76 bits per heavy atom. The molecule has 38 heavy (non-hydrogen) atoms. The van der Waals surface area contributed by atoms with Crippen LogP contribution in [0.5, 0.6) is 5.75 Å². The van der Waals surface area contributed by atoms with Crippen molar-refractivity contribution in [3.05, 3.63) is 70.0 Å². The van der Waals surface area contributed by atoms with Gasteiger partial charge in [0.25, 0.3) is 5.91 Å². The number of ketones is 2. The summed E-state index contributed by atoms with van der Waals surface area (Å²) in [5.41, 5.74) is 5.18. The molecular weight excluding hydrogens is 488 g/mol. The maximum Gasteiger partial charge on any atom is 0.255 e. The SMILES string of the molecule is CC(C)NCc1ccc(-c2ccc(O)c3c2C[C@H]2C[C@H]4CC(=O)C(C(N)=O)=C(O)[C@@]4(O)C(=O)C2=C3O)cc1. The number of hydrogen-bond acceptors (Lipinski definition) is 8.